The molecular formula is C20H20F3N3O3. The largest absolute Gasteiger partial charge is 0.573 e. The molecule has 3 rings (SSSR count). The van der Waals surface area contributed by atoms with E-state index in [1.165, 1.54) is 25.3 Å². The van der Waals surface area contributed by atoms with Crippen molar-refractivity contribution in [1.29, 1.82) is 0 Å². The number of aryl methyl sites for hydroxylation is 1. The molecule has 2 amide bonds. The average molecular weight is 407 g/mol. The van der Waals surface area contributed by atoms with Gasteiger partial charge < -0.3 is 15.0 Å². The number of nitrogens with zero attached hydrogens (tertiary/aromatic N) is 2. The first-order valence-corrected chi connectivity index (χ1v) is 9.05. The van der Waals surface area contributed by atoms with Gasteiger partial charge in [-0.3, -0.25) is 14.6 Å². The van der Waals surface area contributed by atoms with Crippen molar-refractivity contribution in [3.8, 4) is 5.75 Å². The van der Waals surface area contributed by atoms with E-state index >= 15 is 0 Å². The third-order valence-electron chi connectivity index (χ3n) is 4.80. The Morgan fingerprint density at radius 2 is 2.07 bits per heavy atom. The van der Waals surface area contributed by atoms with Gasteiger partial charge in [0.15, 0.2) is 0 Å². The standard InChI is InChI=1S/C20H20F3N3O3/c1-4-24-18(27)17-15-10-26(19(28)14(15)7-8-25-17)12(3)13-5-6-16(11(2)9-13)29-20(21,22)23/h5-9,12H,4,10H2,1-3H3,(H,24,27). The van der Waals surface area contributed by atoms with Crippen LogP contribution in [0.25, 0.3) is 0 Å². The molecule has 154 valence electrons. The fourth-order valence-corrected chi connectivity index (χ4v) is 3.35. The molecule has 1 unspecified atom stereocenters. The number of aromatic nitrogens is 1. The third-order valence-corrected chi connectivity index (χ3v) is 4.80. The molecule has 0 fully saturated rings. The van der Waals surface area contributed by atoms with E-state index in [0.717, 1.165) is 0 Å². The van der Waals surface area contributed by atoms with E-state index in [0.29, 0.717) is 28.8 Å². The topological polar surface area (TPSA) is 71.5 Å². The van der Waals surface area contributed by atoms with Crippen LogP contribution in [0.5, 0.6) is 5.75 Å². The van der Waals surface area contributed by atoms with Crippen molar-refractivity contribution in [1.82, 2.24) is 15.2 Å². The number of nitrogens with one attached hydrogen (secondary N) is 1. The Morgan fingerprint density at radius 3 is 2.69 bits per heavy atom. The number of hydrogen-bond acceptors (Lipinski definition) is 4. The van der Waals surface area contributed by atoms with E-state index < -0.39 is 12.4 Å². The molecular weight excluding hydrogens is 387 g/mol. The Kier molecular flexibility index (Phi) is 5.50. The van der Waals surface area contributed by atoms with Crippen LogP contribution in [0.15, 0.2) is 30.5 Å². The maximum Gasteiger partial charge on any atom is 0.573 e. The highest BCUT2D eigenvalue weighted by Gasteiger charge is 2.35. The summed E-state index contributed by atoms with van der Waals surface area (Å²) in [5, 5.41) is 2.68. The molecule has 2 aromatic rings. The van der Waals surface area contributed by atoms with E-state index in [9.17, 15) is 22.8 Å². The van der Waals surface area contributed by atoms with Gasteiger partial charge in [-0.25, -0.2) is 0 Å². The van der Waals surface area contributed by atoms with E-state index in [2.05, 4.69) is 15.0 Å². The monoisotopic (exact) mass is 407 g/mol. The quantitative estimate of drug-likeness (QED) is 0.819. The first-order chi connectivity index (χ1) is 13.6. The van der Waals surface area contributed by atoms with Gasteiger partial charge >= 0.3 is 6.36 Å². The first-order valence-electron chi connectivity index (χ1n) is 9.05. The van der Waals surface area contributed by atoms with Gasteiger partial charge in [-0.2, -0.15) is 0 Å². The van der Waals surface area contributed by atoms with Crippen LogP contribution in [0.3, 0.4) is 0 Å². The summed E-state index contributed by atoms with van der Waals surface area (Å²) >= 11 is 0. The normalized spacial score (nSPS) is 14.6. The van der Waals surface area contributed by atoms with E-state index in [1.54, 1.807) is 30.9 Å². The molecule has 2 heterocycles. The van der Waals surface area contributed by atoms with Crippen molar-refractivity contribution in [2.45, 2.75) is 39.7 Å². The molecule has 0 aliphatic carbocycles. The van der Waals surface area contributed by atoms with Crippen LogP contribution >= 0.6 is 0 Å². The predicted molar refractivity (Wildman–Crippen MR) is 98.4 cm³/mol. The van der Waals surface area contributed by atoms with Crippen LogP contribution < -0.4 is 10.1 Å². The zero-order valence-electron chi connectivity index (χ0n) is 16.1. The average Bonchev–Trinajstić information content (AvgIpc) is 2.99. The third kappa shape index (κ3) is 4.18. The number of alkyl halides is 3. The molecule has 0 radical (unpaired) electrons. The minimum atomic E-state index is -4.77. The van der Waals surface area contributed by atoms with Crippen molar-refractivity contribution in [3.63, 3.8) is 0 Å². The lowest BCUT2D eigenvalue weighted by Crippen LogP contribution is -2.28. The Bertz CT molecular complexity index is 960. The number of ether oxygens (including phenoxy) is 1. The number of pyridine rings is 1. The van der Waals surface area contributed by atoms with Crippen LogP contribution in [0.4, 0.5) is 13.2 Å². The van der Waals surface area contributed by atoms with Crippen molar-refractivity contribution >= 4 is 11.8 Å². The molecule has 0 spiro atoms. The number of fused-ring (bicyclic) bond motifs is 1. The van der Waals surface area contributed by atoms with Crippen LogP contribution in [0.1, 0.15) is 57.4 Å². The van der Waals surface area contributed by atoms with Crippen LogP contribution in [-0.2, 0) is 6.54 Å². The van der Waals surface area contributed by atoms with Gasteiger partial charge in [-0.05, 0) is 44.0 Å². The molecule has 9 heteroatoms. The summed E-state index contributed by atoms with van der Waals surface area (Å²) in [5.41, 5.74) is 2.12. The molecule has 0 saturated heterocycles. The highest BCUT2D eigenvalue weighted by Crippen LogP contribution is 2.34. The number of carbonyl (C=O) groups excluding carboxylic acids is 2. The summed E-state index contributed by atoms with van der Waals surface area (Å²) in [4.78, 5) is 30.8. The van der Waals surface area contributed by atoms with Gasteiger partial charge in [0.25, 0.3) is 11.8 Å². The number of benzene rings is 1. The molecule has 0 bridgehead atoms. The van der Waals surface area contributed by atoms with Gasteiger partial charge in [-0.1, -0.05) is 12.1 Å². The summed E-state index contributed by atoms with van der Waals surface area (Å²) in [5.74, 6) is -0.892. The van der Waals surface area contributed by atoms with Gasteiger partial charge in [-0.15, -0.1) is 13.2 Å². The van der Waals surface area contributed by atoms with Crippen molar-refractivity contribution in [2.75, 3.05) is 6.54 Å². The molecule has 29 heavy (non-hydrogen) atoms. The Hall–Kier alpha value is -3.10. The minimum absolute atomic E-state index is 0.190. The fraction of sp³-hybridized carbons (Fsp3) is 0.350. The number of hydrogen-bond donors (Lipinski definition) is 1. The van der Waals surface area contributed by atoms with Crippen LogP contribution in [0, 0.1) is 6.92 Å². The summed E-state index contributed by atoms with van der Waals surface area (Å²) in [6.45, 7) is 5.70. The number of amides is 2. The Balaban J connectivity index is 1.86. The molecule has 0 saturated carbocycles. The molecule has 1 aliphatic heterocycles. The smallest absolute Gasteiger partial charge is 0.406 e. The van der Waals surface area contributed by atoms with Crippen LogP contribution in [0.2, 0.25) is 0 Å². The maximum atomic E-state index is 12.9. The Labute approximate surface area is 165 Å². The summed E-state index contributed by atoms with van der Waals surface area (Å²) < 4.78 is 41.4. The molecule has 1 aliphatic rings. The predicted octanol–water partition coefficient (Wildman–Crippen LogP) is 3.76. The zero-order chi connectivity index (χ0) is 21.3. The summed E-state index contributed by atoms with van der Waals surface area (Å²) in [6.07, 6.45) is -3.35. The van der Waals surface area contributed by atoms with E-state index in [1.807, 2.05) is 0 Å². The lowest BCUT2D eigenvalue weighted by Gasteiger charge is -2.25. The second-order valence-corrected chi connectivity index (χ2v) is 6.73. The first kappa shape index (κ1) is 20.6. The highest BCUT2D eigenvalue weighted by molar-refractivity contribution is 6.03. The van der Waals surface area contributed by atoms with Gasteiger partial charge in [0, 0.05) is 30.4 Å². The van der Waals surface area contributed by atoms with Crippen molar-refractivity contribution in [3.05, 3.63) is 58.4 Å². The summed E-state index contributed by atoms with van der Waals surface area (Å²) in [7, 11) is 0. The second-order valence-electron chi connectivity index (χ2n) is 6.73. The van der Waals surface area contributed by atoms with Gasteiger partial charge in [0.2, 0.25) is 0 Å². The van der Waals surface area contributed by atoms with E-state index in [-0.39, 0.29) is 29.8 Å². The molecule has 1 atom stereocenters. The minimum Gasteiger partial charge on any atom is -0.406 e. The number of rotatable bonds is 5. The molecule has 1 aromatic heterocycles. The molecule has 6 nitrogen and oxygen atoms in total. The van der Waals surface area contributed by atoms with E-state index in [4.69, 9.17) is 0 Å². The highest BCUT2D eigenvalue weighted by atomic mass is 19.4. The van der Waals surface area contributed by atoms with Gasteiger partial charge in [0.05, 0.1) is 6.04 Å². The fourth-order valence-electron chi connectivity index (χ4n) is 3.35. The lowest BCUT2D eigenvalue weighted by molar-refractivity contribution is -0.274. The lowest BCUT2D eigenvalue weighted by atomic mass is 10.0. The second kappa shape index (κ2) is 7.73. The zero-order valence-corrected chi connectivity index (χ0v) is 16.1. The van der Waals surface area contributed by atoms with Gasteiger partial charge in [0.1, 0.15) is 11.4 Å². The maximum absolute atomic E-state index is 12.9. The van der Waals surface area contributed by atoms with Crippen LogP contribution in [-0.4, -0.2) is 34.6 Å². The number of halogens is 3. The summed E-state index contributed by atoms with van der Waals surface area (Å²) in [6, 6.07) is 5.45. The SMILES string of the molecule is CCNC(=O)c1nccc2c1CN(C(C)c1ccc(OC(F)(F)F)c(C)c1)C2=O. The molecule has 1 aromatic carbocycles. The van der Waals surface area contributed by atoms with Crippen molar-refractivity contribution < 1.29 is 27.5 Å². The Morgan fingerprint density at radius 1 is 1.34 bits per heavy atom. The molecule has 1 N–H and O–H groups in total. The van der Waals surface area contributed by atoms with Crippen molar-refractivity contribution in [2.24, 2.45) is 0 Å². The number of carbonyl (C=O) groups is 2.